The van der Waals surface area contributed by atoms with Crippen LogP contribution in [0, 0.1) is 5.82 Å². The molecule has 2 rings (SSSR count). The Morgan fingerprint density at radius 3 is 2.94 bits per heavy atom. The zero-order chi connectivity index (χ0) is 11.9. The Bertz CT molecular complexity index is 450. The maximum atomic E-state index is 13.7. The Morgan fingerprint density at radius 2 is 2.31 bits per heavy atom. The largest absolute Gasteiger partial charge is 0.480 e. The molecule has 0 saturated heterocycles. The average molecular weight is 244 g/mol. The van der Waals surface area contributed by atoms with E-state index in [0.29, 0.717) is 17.5 Å². The number of rotatable bonds is 1. The van der Waals surface area contributed by atoms with E-state index in [4.69, 9.17) is 16.7 Å². The molecule has 1 heterocycles. The molecule has 5 heteroatoms. The number of benzene rings is 1. The highest BCUT2D eigenvalue weighted by atomic mass is 35.5. The molecular formula is C11H11ClFNO2. The minimum absolute atomic E-state index is 0.0389. The summed E-state index contributed by atoms with van der Waals surface area (Å²) in [6.45, 7) is 1.82. The number of halogens is 2. The van der Waals surface area contributed by atoms with Crippen molar-refractivity contribution in [1.82, 2.24) is 5.32 Å². The van der Waals surface area contributed by atoms with Gasteiger partial charge < -0.3 is 5.11 Å². The second kappa shape index (κ2) is 4.03. The van der Waals surface area contributed by atoms with E-state index in [9.17, 15) is 9.18 Å². The standard InChI is InChI=1S/C11H11ClFNO2/c1-5-4-7-6(10(14-5)11(15)16)2-3-8(12)9(7)13/h2-3,5,10,14H,4H2,1H3,(H,15,16). The lowest BCUT2D eigenvalue weighted by atomic mass is 9.90. The first-order valence-corrected chi connectivity index (χ1v) is 5.34. The zero-order valence-corrected chi connectivity index (χ0v) is 9.38. The molecule has 2 atom stereocenters. The Morgan fingerprint density at radius 1 is 1.62 bits per heavy atom. The van der Waals surface area contributed by atoms with Gasteiger partial charge in [-0.2, -0.15) is 0 Å². The van der Waals surface area contributed by atoms with Crippen LogP contribution in [-0.4, -0.2) is 17.1 Å². The fourth-order valence-corrected chi connectivity index (χ4v) is 2.21. The Labute approximate surface area is 97.2 Å². The summed E-state index contributed by atoms with van der Waals surface area (Å²) in [6.07, 6.45) is 0.450. The molecule has 2 N–H and O–H groups in total. The van der Waals surface area contributed by atoms with Gasteiger partial charge in [0.15, 0.2) is 0 Å². The summed E-state index contributed by atoms with van der Waals surface area (Å²) in [5.74, 6) is -1.51. The molecule has 0 spiro atoms. The maximum Gasteiger partial charge on any atom is 0.325 e. The number of carboxylic acid groups (broad SMARTS) is 1. The van der Waals surface area contributed by atoms with Crippen LogP contribution >= 0.6 is 11.6 Å². The van der Waals surface area contributed by atoms with Gasteiger partial charge in [-0.1, -0.05) is 17.7 Å². The molecule has 86 valence electrons. The third-order valence-electron chi connectivity index (χ3n) is 2.75. The number of carboxylic acids is 1. The molecule has 1 aromatic rings. The summed E-state index contributed by atoms with van der Waals surface area (Å²) in [7, 11) is 0. The molecule has 0 saturated carbocycles. The van der Waals surface area contributed by atoms with Crippen LogP contribution < -0.4 is 5.32 Å². The first-order chi connectivity index (χ1) is 7.50. The lowest BCUT2D eigenvalue weighted by Crippen LogP contribution is -2.41. The van der Waals surface area contributed by atoms with Gasteiger partial charge in [0.25, 0.3) is 0 Å². The van der Waals surface area contributed by atoms with E-state index < -0.39 is 17.8 Å². The molecule has 2 unspecified atom stereocenters. The number of hydrogen-bond acceptors (Lipinski definition) is 2. The van der Waals surface area contributed by atoms with Gasteiger partial charge in [-0.25, -0.2) is 4.39 Å². The first-order valence-electron chi connectivity index (χ1n) is 4.96. The van der Waals surface area contributed by atoms with Gasteiger partial charge in [0.1, 0.15) is 11.9 Å². The number of aliphatic carboxylic acids is 1. The second-order valence-corrected chi connectivity index (χ2v) is 4.38. The molecule has 0 fully saturated rings. The normalized spacial score (nSPS) is 23.9. The summed E-state index contributed by atoms with van der Waals surface area (Å²) in [4.78, 5) is 11.0. The highest BCUT2D eigenvalue weighted by Gasteiger charge is 2.31. The van der Waals surface area contributed by atoms with Crippen LogP contribution in [0.1, 0.15) is 24.1 Å². The van der Waals surface area contributed by atoms with Gasteiger partial charge in [0.05, 0.1) is 5.02 Å². The summed E-state index contributed by atoms with van der Waals surface area (Å²) < 4.78 is 13.7. The smallest absolute Gasteiger partial charge is 0.325 e. The van der Waals surface area contributed by atoms with Gasteiger partial charge in [0.2, 0.25) is 0 Å². The molecule has 0 amide bonds. The van der Waals surface area contributed by atoms with Gasteiger partial charge in [-0.3, -0.25) is 10.1 Å². The van der Waals surface area contributed by atoms with Crippen LogP contribution in [0.15, 0.2) is 12.1 Å². The van der Waals surface area contributed by atoms with Crippen molar-refractivity contribution in [2.24, 2.45) is 0 Å². The van der Waals surface area contributed by atoms with Crippen molar-refractivity contribution in [2.75, 3.05) is 0 Å². The van der Waals surface area contributed by atoms with Crippen molar-refractivity contribution < 1.29 is 14.3 Å². The summed E-state index contributed by atoms with van der Waals surface area (Å²) in [5, 5.41) is 12.0. The molecule has 1 aromatic carbocycles. The van der Waals surface area contributed by atoms with Gasteiger partial charge in [-0.05, 0) is 30.5 Å². The number of carbonyl (C=O) groups is 1. The number of hydrogen-bond donors (Lipinski definition) is 2. The minimum atomic E-state index is -1.01. The average Bonchev–Trinajstić information content (AvgIpc) is 2.23. The second-order valence-electron chi connectivity index (χ2n) is 3.97. The van der Waals surface area contributed by atoms with Crippen molar-refractivity contribution in [3.05, 3.63) is 34.1 Å². The topological polar surface area (TPSA) is 49.3 Å². The lowest BCUT2D eigenvalue weighted by molar-refractivity contribution is -0.140. The third kappa shape index (κ3) is 1.79. The van der Waals surface area contributed by atoms with Crippen LogP contribution in [-0.2, 0) is 11.2 Å². The van der Waals surface area contributed by atoms with Crippen LogP contribution in [0.2, 0.25) is 5.02 Å². The van der Waals surface area contributed by atoms with Crippen LogP contribution in [0.25, 0.3) is 0 Å². The quantitative estimate of drug-likeness (QED) is 0.795. The molecule has 0 radical (unpaired) electrons. The van der Waals surface area contributed by atoms with Crippen LogP contribution in [0.3, 0.4) is 0 Å². The van der Waals surface area contributed by atoms with E-state index >= 15 is 0 Å². The first kappa shape index (κ1) is 11.4. The van der Waals surface area contributed by atoms with Gasteiger partial charge in [-0.15, -0.1) is 0 Å². The Kier molecular flexibility index (Phi) is 2.86. The Balaban J connectivity index is 2.56. The van der Waals surface area contributed by atoms with Gasteiger partial charge >= 0.3 is 5.97 Å². The monoisotopic (exact) mass is 243 g/mol. The van der Waals surface area contributed by atoms with E-state index in [0.717, 1.165) is 0 Å². The van der Waals surface area contributed by atoms with Crippen molar-refractivity contribution >= 4 is 17.6 Å². The summed E-state index contributed by atoms with van der Waals surface area (Å²) >= 11 is 5.68. The van der Waals surface area contributed by atoms with Crippen molar-refractivity contribution in [1.29, 1.82) is 0 Å². The van der Waals surface area contributed by atoms with Gasteiger partial charge in [0, 0.05) is 6.04 Å². The lowest BCUT2D eigenvalue weighted by Gasteiger charge is -2.29. The fourth-order valence-electron chi connectivity index (χ4n) is 2.03. The van der Waals surface area contributed by atoms with E-state index in [1.54, 1.807) is 6.07 Å². The van der Waals surface area contributed by atoms with Crippen molar-refractivity contribution in [3.8, 4) is 0 Å². The summed E-state index contributed by atoms with van der Waals surface area (Å²) in [6, 6.07) is 2.02. The van der Waals surface area contributed by atoms with Crippen molar-refractivity contribution in [3.63, 3.8) is 0 Å². The molecule has 3 nitrogen and oxygen atoms in total. The van der Waals surface area contributed by atoms with E-state index in [2.05, 4.69) is 5.32 Å². The van der Waals surface area contributed by atoms with Crippen molar-refractivity contribution in [2.45, 2.75) is 25.4 Å². The molecule has 0 bridgehead atoms. The molecule has 0 aromatic heterocycles. The molecule has 16 heavy (non-hydrogen) atoms. The molecule has 0 aliphatic carbocycles. The highest BCUT2D eigenvalue weighted by Crippen LogP contribution is 2.31. The molecular weight excluding hydrogens is 233 g/mol. The number of fused-ring (bicyclic) bond motifs is 1. The van der Waals surface area contributed by atoms with Crippen LogP contribution in [0.4, 0.5) is 4.39 Å². The number of nitrogens with one attached hydrogen (secondary N) is 1. The highest BCUT2D eigenvalue weighted by molar-refractivity contribution is 6.30. The predicted molar refractivity (Wildman–Crippen MR) is 58.1 cm³/mol. The minimum Gasteiger partial charge on any atom is -0.480 e. The fraction of sp³-hybridized carbons (Fsp3) is 0.364. The Hall–Kier alpha value is -1.13. The van der Waals surface area contributed by atoms with E-state index in [1.165, 1.54) is 6.07 Å². The predicted octanol–water partition coefficient (Wildman–Crippen LogP) is 2.14. The molecule has 1 aliphatic rings. The maximum absolute atomic E-state index is 13.7. The van der Waals surface area contributed by atoms with E-state index in [1.807, 2.05) is 6.92 Å². The summed E-state index contributed by atoms with van der Waals surface area (Å²) in [5.41, 5.74) is 0.874. The van der Waals surface area contributed by atoms with Crippen LogP contribution in [0.5, 0.6) is 0 Å². The third-order valence-corrected chi connectivity index (χ3v) is 3.04. The zero-order valence-electron chi connectivity index (χ0n) is 8.63. The van der Waals surface area contributed by atoms with E-state index in [-0.39, 0.29) is 11.1 Å². The SMILES string of the molecule is CC1Cc2c(ccc(Cl)c2F)C(C(=O)O)N1. The molecule has 1 aliphatic heterocycles.